The monoisotopic (exact) mass is 249 g/mol. The lowest BCUT2D eigenvalue weighted by molar-refractivity contribution is 0.760. The maximum Gasteiger partial charge on any atom is 0.128 e. The highest BCUT2D eigenvalue weighted by Gasteiger charge is 2.27. The third-order valence-corrected chi connectivity index (χ3v) is 4.28. The van der Waals surface area contributed by atoms with Gasteiger partial charge in [-0.1, -0.05) is 0 Å². The third-order valence-electron chi connectivity index (χ3n) is 3.01. The SMILES string of the molecule is Cc1nn(C)c2c1C(c1ccn[nH]1)SCCN2. The second-order valence-corrected chi connectivity index (χ2v) is 5.37. The first kappa shape index (κ1) is 10.7. The summed E-state index contributed by atoms with van der Waals surface area (Å²) >= 11 is 1.92. The topological polar surface area (TPSA) is 58.5 Å². The fraction of sp³-hybridized carbons (Fsp3) is 0.455. The van der Waals surface area contributed by atoms with Crippen LogP contribution in [0.1, 0.15) is 22.2 Å². The first-order valence-corrected chi connectivity index (χ1v) is 6.70. The average Bonchev–Trinajstić information content (AvgIpc) is 2.84. The highest BCUT2D eigenvalue weighted by atomic mass is 32.2. The molecule has 1 aliphatic heterocycles. The van der Waals surface area contributed by atoms with E-state index in [0.717, 1.165) is 29.5 Å². The van der Waals surface area contributed by atoms with E-state index in [-0.39, 0.29) is 0 Å². The van der Waals surface area contributed by atoms with E-state index in [9.17, 15) is 0 Å². The van der Waals surface area contributed by atoms with Gasteiger partial charge in [-0.05, 0) is 13.0 Å². The fourth-order valence-electron chi connectivity index (χ4n) is 2.29. The van der Waals surface area contributed by atoms with Crippen molar-refractivity contribution >= 4 is 17.6 Å². The van der Waals surface area contributed by atoms with Gasteiger partial charge in [0.25, 0.3) is 0 Å². The van der Waals surface area contributed by atoms with Gasteiger partial charge in [-0.25, -0.2) is 0 Å². The van der Waals surface area contributed by atoms with Crippen molar-refractivity contribution in [3.8, 4) is 0 Å². The van der Waals surface area contributed by atoms with Gasteiger partial charge in [-0.15, -0.1) is 11.8 Å². The van der Waals surface area contributed by atoms with E-state index in [0.29, 0.717) is 5.25 Å². The second-order valence-electron chi connectivity index (χ2n) is 4.16. The lowest BCUT2D eigenvalue weighted by Crippen LogP contribution is -2.06. The Labute approximate surface area is 104 Å². The van der Waals surface area contributed by atoms with E-state index in [1.54, 1.807) is 6.20 Å². The Bertz CT molecular complexity index is 516. The van der Waals surface area contributed by atoms with E-state index in [1.807, 2.05) is 29.6 Å². The van der Waals surface area contributed by atoms with Crippen molar-refractivity contribution in [3.05, 3.63) is 29.2 Å². The molecule has 0 aliphatic carbocycles. The maximum atomic E-state index is 4.50. The van der Waals surface area contributed by atoms with Crippen LogP contribution in [-0.4, -0.2) is 32.3 Å². The zero-order valence-corrected chi connectivity index (χ0v) is 10.7. The summed E-state index contributed by atoms with van der Waals surface area (Å²) in [6.45, 7) is 3.04. The molecule has 0 saturated carbocycles. The van der Waals surface area contributed by atoms with Crippen LogP contribution >= 0.6 is 11.8 Å². The number of nitrogens with zero attached hydrogens (tertiary/aromatic N) is 3. The smallest absolute Gasteiger partial charge is 0.128 e. The standard InChI is InChI=1S/C11H15N5S/c1-7-9-10(8-3-4-13-14-8)17-6-5-12-11(9)16(2)15-7/h3-4,10,12H,5-6H2,1-2H3,(H,13,14). The van der Waals surface area contributed by atoms with Crippen molar-refractivity contribution < 1.29 is 0 Å². The van der Waals surface area contributed by atoms with Gasteiger partial charge in [0.2, 0.25) is 0 Å². The number of aromatic amines is 1. The van der Waals surface area contributed by atoms with E-state index < -0.39 is 0 Å². The van der Waals surface area contributed by atoms with Crippen molar-refractivity contribution in [2.24, 2.45) is 7.05 Å². The summed E-state index contributed by atoms with van der Waals surface area (Å²) in [6, 6.07) is 2.04. The number of aryl methyl sites for hydroxylation is 2. The zero-order valence-electron chi connectivity index (χ0n) is 9.90. The molecule has 0 fully saturated rings. The minimum Gasteiger partial charge on any atom is -0.369 e. The molecular weight excluding hydrogens is 234 g/mol. The molecule has 1 atom stereocenters. The van der Waals surface area contributed by atoms with E-state index >= 15 is 0 Å². The number of fused-ring (bicyclic) bond motifs is 1. The van der Waals surface area contributed by atoms with Gasteiger partial charge in [-0.2, -0.15) is 10.2 Å². The summed E-state index contributed by atoms with van der Waals surface area (Å²) in [5.74, 6) is 2.21. The summed E-state index contributed by atoms with van der Waals surface area (Å²) in [4.78, 5) is 0. The van der Waals surface area contributed by atoms with Crippen LogP contribution in [-0.2, 0) is 7.05 Å². The molecule has 5 nitrogen and oxygen atoms in total. The normalized spacial score (nSPS) is 19.5. The number of H-pyrrole nitrogens is 1. The number of hydrogen-bond donors (Lipinski definition) is 2. The Kier molecular flexibility index (Phi) is 2.58. The quantitative estimate of drug-likeness (QED) is 0.807. The van der Waals surface area contributed by atoms with E-state index in [1.165, 1.54) is 5.56 Å². The highest BCUT2D eigenvalue weighted by Crippen LogP contribution is 2.41. The van der Waals surface area contributed by atoms with Gasteiger partial charge in [0.05, 0.1) is 16.6 Å². The van der Waals surface area contributed by atoms with Crippen molar-refractivity contribution in [2.45, 2.75) is 12.2 Å². The van der Waals surface area contributed by atoms with Crippen LogP contribution in [0.5, 0.6) is 0 Å². The molecule has 6 heteroatoms. The van der Waals surface area contributed by atoms with Crippen LogP contribution in [0.2, 0.25) is 0 Å². The Morgan fingerprint density at radius 2 is 2.41 bits per heavy atom. The maximum absolute atomic E-state index is 4.50. The minimum absolute atomic E-state index is 0.302. The van der Waals surface area contributed by atoms with E-state index in [2.05, 4.69) is 27.5 Å². The lowest BCUT2D eigenvalue weighted by Gasteiger charge is -2.12. The number of aromatic nitrogens is 4. The van der Waals surface area contributed by atoms with Gasteiger partial charge in [-0.3, -0.25) is 9.78 Å². The molecule has 2 N–H and O–H groups in total. The summed E-state index contributed by atoms with van der Waals surface area (Å²) < 4.78 is 1.93. The van der Waals surface area contributed by atoms with Gasteiger partial charge in [0.1, 0.15) is 5.82 Å². The summed E-state index contributed by atoms with van der Waals surface area (Å²) in [5.41, 5.74) is 3.51. The first-order valence-electron chi connectivity index (χ1n) is 5.65. The molecule has 1 unspecified atom stereocenters. The van der Waals surface area contributed by atoms with Gasteiger partial charge >= 0.3 is 0 Å². The molecular formula is C11H15N5S. The zero-order chi connectivity index (χ0) is 11.8. The molecule has 0 saturated heterocycles. The van der Waals surface area contributed by atoms with Crippen LogP contribution < -0.4 is 5.32 Å². The van der Waals surface area contributed by atoms with Crippen LogP contribution in [0.25, 0.3) is 0 Å². The van der Waals surface area contributed by atoms with Gasteiger partial charge < -0.3 is 5.32 Å². The van der Waals surface area contributed by atoms with E-state index in [4.69, 9.17) is 0 Å². The third kappa shape index (κ3) is 1.72. The number of thioether (sulfide) groups is 1. The average molecular weight is 249 g/mol. The van der Waals surface area contributed by atoms with Crippen molar-refractivity contribution in [1.82, 2.24) is 20.0 Å². The summed E-state index contributed by atoms with van der Waals surface area (Å²) in [7, 11) is 1.98. The molecule has 2 aromatic heterocycles. The van der Waals surface area contributed by atoms with Gasteiger partial charge in [0, 0.05) is 31.1 Å². The summed E-state index contributed by atoms with van der Waals surface area (Å²) in [6.07, 6.45) is 1.81. The number of nitrogens with one attached hydrogen (secondary N) is 2. The highest BCUT2D eigenvalue weighted by molar-refractivity contribution is 7.99. The van der Waals surface area contributed by atoms with Crippen molar-refractivity contribution in [2.75, 3.05) is 17.6 Å². The predicted octanol–water partition coefficient (Wildman–Crippen LogP) is 1.70. The largest absolute Gasteiger partial charge is 0.369 e. The van der Waals surface area contributed by atoms with Crippen molar-refractivity contribution in [3.63, 3.8) is 0 Å². The molecule has 0 amide bonds. The number of anilines is 1. The fourth-order valence-corrected chi connectivity index (χ4v) is 3.50. The molecule has 2 aromatic rings. The van der Waals surface area contributed by atoms with Gasteiger partial charge in [0.15, 0.2) is 0 Å². The molecule has 3 rings (SSSR count). The molecule has 0 bridgehead atoms. The predicted molar refractivity (Wildman–Crippen MR) is 69.3 cm³/mol. The second kappa shape index (κ2) is 4.10. The Hall–Kier alpha value is -1.43. The van der Waals surface area contributed by atoms with Crippen LogP contribution in [0.3, 0.4) is 0 Å². The molecule has 0 spiro atoms. The first-order chi connectivity index (χ1) is 8.27. The van der Waals surface area contributed by atoms with Crippen molar-refractivity contribution in [1.29, 1.82) is 0 Å². The Morgan fingerprint density at radius 3 is 3.18 bits per heavy atom. The molecule has 0 radical (unpaired) electrons. The summed E-state index contributed by atoms with van der Waals surface area (Å²) in [5, 5.41) is 15.4. The molecule has 17 heavy (non-hydrogen) atoms. The van der Waals surface area contributed by atoms with Crippen LogP contribution in [0, 0.1) is 6.92 Å². The number of rotatable bonds is 1. The molecule has 90 valence electrons. The molecule has 0 aromatic carbocycles. The van der Waals surface area contributed by atoms with Crippen LogP contribution in [0.4, 0.5) is 5.82 Å². The molecule has 1 aliphatic rings. The van der Waals surface area contributed by atoms with Crippen LogP contribution in [0.15, 0.2) is 12.3 Å². The Morgan fingerprint density at radius 1 is 1.53 bits per heavy atom. The minimum atomic E-state index is 0.302. The molecule has 3 heterocycles. The lowest BCUT2D eigenvalue weighted by atomic mass is 10.1. The Balaban J connectivity index is 2.13. The number of hydrogen-bond acceptors (Lipinski definition) is 4.